The quantitative estimate of drug-likeness (QED) is 0.319. The predicted octanol–water partition coefficient (Wildman–Crippen LogP) is 5.73. The molecule has 0 aliphatic heterocycles. The number of hydrogen-bond donors (Lipinski definition) is 0. The molecular formula is C29H29F3N2O3. The van der Waals surface area contributed by atoms with E-state index >= 15 is 4.39 Å². The van der Waals surface area contributed by atoms with Crippen molar-refractivity contribution in [1.82, 2.24) is 9.13 Å². The van der Waals surface area contributed by atoms with E-state index in [0.29, 0.717) is 6.42 Å². The number of halogens is 3. The van der Waals surface area contributed by atoms with E-state index in [1.807, 2.05) is 44.2 Å². The van der Waals surface area contributed by atoms with Crippen molar-refractivity contribution in [3.63, 3.8) is 0 Å². The number of aromatic nitrogens is 2. The third-order valence-corrected chi connectivity index (χ3v) is 5.98. The third kappa shape index (κ3) is 5.69. The maximum Gasteiger partial charge on any atom is 0.331 e. The van der Waals surface area contributed by atoms with Crippen molar-refractivity contribution in [1.29, 1.82) is 0 Å². The molecule has 1 aromatic heterocycles. The summed E-state index contributed by atoms with van der Waals surface area (Å²) in [6.45, 7) is 4.99. The Bertz CT molecular complexity index is 1470. The van der Waals surface area contributed by atoms with Gasteiger partial charge in [0.05, 0.1) is 19.2 Å². The van der Waals surface area contributed by atoms with Crippen LogP contribution in [-0.2, 0) is 19.5 Å². The first-order chi connectivity index (χ1) is 17.8. The van der Waals surface area contributed by atoms with Crippen molar-refractivity contribution in [2.24, 2.45) is 0 Å². The zero-order valence-corrected chi connectivity index (χ0v) is 21.2. The van der Waals surface area contributed by atoms with Crippen molar-refractivity contribution in [2.45, 2.75) is 40.3 Å². The van der Waals surface area contributed by atoms with Gasteiger partial charge in [0.25, 0.3) is 5.56 Å². The first-order valence-corrected chi connectivity index (χ1v) is 12.0. The molecular weight excluding hydrogens is 481 g/mol. The van der Waals surface area contributed by atoms with Crippen LogP contribution in [0.3, 0.4) is 0 Å². The molecule has 0 saturated heterocycles. The maximum atomic E-state index is 15.2. The van der Waals surface area contributed by atoms with Crippen LogP contribution in [0.15, 0.2) is 76.3 Å². The predicted molar refractivity (Wildman–Crippen MR) is 139 cm³/mol. The number of benzene rings is 3. The highest BCUT2D eigenvalue weighted by molar-refractivity contribution is 5.67. The second-order valence-corrected chi connectivity index (χ2v) is 8.04. The minimum Gasteiger partial charge on any atom is -0.494 e. The molecule has 0 N–H and O–H groups in total. The first kappa shape index (κ1) is 27.5. The lowest BCUT2D eigenvalue weighted by molar-refractivity contribution is 0.387. The zero-order chi connectivity index (χ0) is 27.1. The van der Waals surface area contributed by atoms with E-state index in [0.717, 1.165) is 26.8 Å². The number of nitrogens with zero attached hydrogens (tertiary/aromatic N) is 2. The number of ether oxygens (including phenoxy) is 1. The summed E-state index contributed by atoms with van der Waals surface area (Å²) in [4.78, 5) is 26.9. The number of rotatable bonds is 7. The fourth-order valence-corrected chi connectivity index (χ4v) is 4.08. The van der Waals surface area contributed by atoms with Crippen LogP contribution in [0.4, 0.5) is 13.2 Å². The summed E-state index contributed by atoms with van der Waals surface area (Å²) in [5.74, 6) is -2.50. The fraction of sp³-hybridized carbons (Fsp3) is 0.241. The molecule has 194 valence electrons. The average molecular weight is 511 g/mol. The van der Waals surface area contributed by atoms with Crippen LogP contribution < -0.4 is 16.0 Å². The van der Waals surface area contributed by atoms with Crippen molar-refractivity contribution in [3.05, 3.63) is 122 Å². The highest BCUT2D eigenvalue weighted by atomic mass is 19.1. The van der Waals surface area contributed by atoms with Gasteiger partial charge in [-0.3, -0.25) is 13.9 Å². The van der Waals surface area contributed by atoms with E-state index in [1.165, 1.54) is 38.3 Å². The van der Waals surface area contributed by atoms with Crippen LogP contribution >= 0.6 is 0 Å². The van der Waals surface area contributed by atoms with Gasteiger partial charge in [0.15, 0.2) is 11.6 Å². The summed E-state index contributed by atoms with van der Waals surface area (Å²) < 4.78 is 51.2. The third-order valence-electron chi connectivity index (χ3n) is 5.98. The normalized spacial score (nSPS) is 10.6. The van der Waals surface area contributed by atoms with Crippen molar-refractivity contribution in [3.8, 4) is 16.9 Å². The lowest BCUT2D eigenvalue weighted by atomic mass is 10.0. The van der Waals surface area contributed by atoms with Crippen molar-refractivity contribution in [2.75, 3.05) is 7.11 Å². The Morgan fingerprint density at radius 3 is 2.05 bits per heavy atom. The zero-order valence-electron chi connectivity index (χ0n) is 21.2. The van der Waals surface area contributed by atoms with Gasteiger partial charge >= 0.3 is 5.69 Å². The van der Waals surface area contributed by atoms with Crippen LogP contribution in [0.5, 0.6) is 5.75 Å². The van der Waals surface area contributed by atoms with Gasteiger partial charge in [0.2, 0.25) is 0 Å². The number of hydrogen-bond acceptors (Lipinski definition) is 3. The van der Waals surface area contributed by atoms with Gasteiger partial charge in [-0.1, -0.05) is 62.4 Å². The molecule has 0 atom stereocenters. The SMILES string of the molecule is CC.COc1cccc(-c2c(C)n(Cc3c(F)cccc3F)c(=O)n(CCc3ccccc3)c2=O)c1F. The second-order valence-electron chi connectivity index (χ2n) is 8.04. The summed E-state index contributed by atoms with van der Waals surface area (Å²) in [7, 11) is 1.30. The largest absolute Gasteiger partial charge is 0.494 e. The van der Waals surface area contributed by atoms with Crippen LogP contribution in [0.1, 0.15) is 30.7 Å². The lowest BCUT2D eigenvalue weighted by Gasteiger charge is -2.19. The molecule has 4 aromatic rings. The van der Waals surface area contributed by atoms with E-state index in [1.54, 1.807) is 0 Å². The van der Waals surface area contributed by atoms with E-state index in [2.05, 4.69) is 0 Å². The van der Waals surface area contributed by atoms with Crippen LogP contribution in [-0.4, -0.2) is 16.2 Å². The van der Waals surface area contributed by atoms with E-state index in [4.69, 9.17) is 4.74 Å². The molecule has 4 rings (SSSR count). The Balaban J connectivity index is 0.00000186. The molecule has 0 saturated carbocycles. The van der Waals surface area contributed by atoms with Crippen molar-refractivity contribution < 1.29 is 17.9 Å². The lowest BCUT2D eigenvalue weighted by Crippen LogP contribution is -2.43. The minimum absolute atomic E-state index is 0.000299. The Morgan fingerprint density at radius 1 is 0.811 bits per heavy atom. The molecule has 0 amide bonds. The molecule has 1 heterocycles. The molecule has 3 aromatic carbocycles. The standard InChI is InChI=1S/C27H23F3N2O3.C2H6/c1-17-24(19-10-6-13-23(35-2)25(19)30)26(33)31(15-14-18-8-4-3-5-9-18)27(34)32(17)16-20-21(28)11-7-12-22(20)29;1-2/h3-13H,14-16H2,1-2H3;1-2H3. The molecule has 8 heteroatoms. The van der Waals surface area contributed by atoms with Gasteiger partial charge in [-0.05, 0) is 37.1 Å². The smallest absolute Gasteiger partial charge is 0.331 e. The number of aryl methyl sites for hydroxylation is 1. The van der Waals surface area contributed by atoms with Crippen LogP contribution in [0.2, 0.25) is 0 Å². The number of methoxy groups -OCH3 is 1. The van der Waals surface area contributed by atoms with Crippen LogP contribution in [0, 0.1) is 24.4 Å². The van der Waals surface area contributed by atoms with Gasteiger partial charge in [-0.25, -0.2) is 18.0 Å². The fourth-order valence-electron chi connectivity index (χ4n) is 4.08. The van der Waals surface area contributed by atoms with Gasteiger partial charge < -0.3 is 4.74 Å². The van der Waals surface area contributed by atoms with Gasteiger partial charge in [0, 0.05) is 23.4 Å². The van der Waals surface area contributed by atoms with Crippen LogP contribution in [0.25, 0.3) is 11.1 Å². The van der Waals surface area contributed by atoms with E-state index in [9.17, 15) is 18.4 Å². The monoisotopic (exact) mass is 510 g/mol. The maximum absolute atomic E-state index is 15.2. The highest BCUT2D eigenvalue weighted by Crippen LogP contribution is 2.29. The van der Waals surface area contributed by atoms with Gasteiger partial charge in [-0.2, -0.15) is 0 Å². The molecule has 5 nitrogen and oxygen atoms in total. The highest BCUT2D eigenvalue weighted by Gasteiger charge is 2.23. The molecule has 0 fully saturated rings. The summed E-state index contributed by atoms with van der Waals surface area (Å²) >= 11 is 0. The molecule has 0 radical (unpaired) electrons. The topological polar surface area (TPSA) is 53.2 Å². The Hall–Kier alpha value is -4.07. The van der Waals surface area contributed by atoms with E-state index < -0.39 is 35.2 Å². The van der Waals surface area contributed by atoms with Gasteiger partial charge in [0.1, 0.15) is 11.6 Å². The summed E-state index contributed by atoms with van der Waals surface area (Å²) in [6.07, 6.45) is 0.354. The summed E-state index contributed by atoms with van der Waals surface area (Å²) in [6, 6.07) is 17.0. The average Bonchev–Trinajstić information content (AvgIpc) is 2.90. The van der Waals surface area contributed by atoms with E-state index in [-0.39, 0.29) is 34.7 Å². The molecule has 37 heavy (non-hydrogen) atoms. The minimum atomic E-state index is -0.826. The Kier molecular flexibility index (Phi) is 9.11. The summed E-state index contributed by atoms with van der Waals surface area (Å²) in [5.41, 5.74) is -0.929. The molecule has 0 unspecified atom stereocenters. The Labute approximate surface area is 213 Å². The molecule has 0 aliphatic rings. The van der Waals surface area contributed by atoms with Crippen molar-refractivity contribution >= 4 is 0 Å². The molecule has 0 spiro atoms. The molecule has 0 bridgehead atoms. The van der Waals surface area contributed by atoms with Gasteiger partial charge in [-0.15, -0.1) is 0 Å². The summed E-state index contributed by atoms with van der Waals surface area (Å²) in [5, 5.41) is 0. The first-order valence-electron chi connectivity index (χ1n) is 12.0. The molecule has 0 aliphatic carbocycles. The Morgan fingerprint density at radius 2 is 1.43 bits per heavy atom. The second kappa shape index (κ2) is 12.3.